The molecule has 7 nitrogen and oxygen atoms in total. The maximum absolute atomic E-state index is 14.0. The number of rotatable bonds is 6. The first-order valence-electron chi connectivity index (χ1n) is 9.44. The van der Waals surface area contributed by atoms with E-state index in [0.29, 0.717) is 44.8 Å². The van der Waals surface area contributed by atoms with E-state index in [-0.39, 0.29) is 30.7 Å². The molecule has 2 aliphatic heterocycles. The Bertz CT molecular complexity index is 664. The van der Waals surface area contributed by atoms with Crippen LogP contribution in [-0.2, 0) is 16.1 Å². The van der Waals surface area contributed by atoms with Gasteiger partial charge in [0.1, 0.15) is 5.82 Å². The number of piperazine rings is 2. The summed E-state index contributed by atoms with van der Waals surface area (Å²) < 4.78 is 14.0. The molecule has 27 heavy (non-hydrogen) atoms. The Morgan fingerprint density at radius 1 is 1.19 bits per heavy atom. The van der Waals surface area contributed by atoms with E-state index in [1.807, 2.05) is 4.90 Å². The molecule has 0 aliphatic carbocycles. The monoisotopic (exact) mass is 378 g/mol. The van der Waals surface area contributed by atoms with Crippen LogP contribution in [0.25, 0.3) is 0 Å². The van der Waals surface area contributed by atoms with E-state index in [2.05, 4.69) is 10.2 Å². The molecule has 0 radical (unpaired) electrons. The lowest BCUT2D eigenvalue weighted by Gasteiger charge is -2.38. The normalized spacial score (nSPS) is 21.9. The fourth-order valence-electron chi connectivity index (χ4n) is 3.68. The van der Waals surface area contributed by atoms with Gasteiger partial charge in [-0.05, 0) is 6.07 Å². The van der Waals surface area contributed by atoms with Crippen LogP contribution in [0.4, 0.5) is 4.39 Å². The molecule has 148 valence electrons. The van der Waals surface area contributed by atoms with Crippen LogP contribution in [0.15, 0.2) is 24.3 Å². The molecule has 1 aromatic rings. The smallest absolute Gasteiger partial charge is 0.237 e. The summed E-state index contributed by atoms with van der Waals surface area (Å²) in [7, 11) is 0. The van der Waals surface area contributed by atoms with E-state index >= 15 is 0 Å². The number of amides is 2. The molecule has 3 rings (SSSR count). The number of carbonyl (C=O) groups is 2. The molecule has 1 aromatic carbocycles. The molecule has 0 bridgehead atoms. The Balaban J connectivity index is 1.61. The molecule has 2 heterocycles. The molecule has 2 amide bonds. The fraction of sp³-hybridized carbons (Fsp3) is 0.579. The van der Waals surface area contributed by atoms with Gasteiger partial charge in [-0.15, -0.1) is 0 Å². The molecular formula is C19H27FN4O3. The van der Waals surface area contributed by atoms with Crippen molar-refractivity contribution in [2.75, 3.05) is 52.4 Å². The van der Waals surface area contributed by atoms with Gasteiger partial charge in [0.25, 0.3) is 0 Å². The van der Waals surface area contributed by atoms with Crippen molar-refractivity contribution in [3.05, 3.63) is 35.6 Å². The van der Waals surface area contributed by atoms with Crippen LogP contribution < -0.4 is 5.32 Å². The van der Waals surface area contributed by atoms with Crippen LogP contribution >= 0.6 is 0 Å². The summed E-state index contributed by atoms with van der Waals surface area (Å²) in [5, 5.41) is 11.8. The molecule has 0 aromatic heterocycles. The third-order valence-corrected chi connectivity index (χ3v) is 5.28. The first kappa shape index (κ1) is 19.7. The number of hydrogen-bond donors (Lipinski definition) is 2. The Kier molecular flexibility index (Phi) is 6.76. The highest BCUT2D eigenvalue weighted by atomic mass is 19.1. The van der Waals surface area contributed by atoms with Gasteiger partial charge in [-0.3, -0.25) is 19.4 Å². The number of hydrogen-bond acceptors (Lipinski definition) is 5. The number of nitrogens with zero attached hydrogens (tertiary/aromatic N) is 3. The second-order valence-corrected chi connectivity index (χ2v) is 7.02. The Labute approximate surface area is 158 Å². The number of halogens is 1. The van der Waals surface area contributed by atoms with Crippen LogP contribution in [0, 0.1) is 5.82 Å². The highest BCUT2D eigenvalue weighted by molar-refractivity contribution is 5.88. The third-order valence-electron chi connectivity index (χ3n) is 5.28. The van der Waals surface area contributed by atoms with Gasteiger partial charge in [0.2, 0.25) is 11.8 Å². The van der Waals surface area contributed by atoms with Gasteiger partial charge in [0.05, 0.1) is 19.1 Å². The van der Waals surface area contributed by atoms with Gasteiger partial charge in [-0.2, -0.15) is 0 Å². The maximum atomic E-state index is 14.0. The molecule has 8 heteroatoms. The average Bonchev–Trinajstić information content (AvgIpc) is 2.67. The number of benzene rings is 1. The predicted molar refractivity (Wildman–Crippen MR) is 98.3 cm³/mol. The number of aliphatic hydroxyl groups is 1. The lowest BCUT2D eigenvalue weighted by atomic mass is 10.1. The lowest BCUT2D eigenvalue weighted by molar-refractivity contribution is -0.140. The third kappa shape index (κ3) is 5.03. The largest absolute Gasteiger partial charge is 0.395 e. The topological polar surface area (TPSA) is 76.1 Å². The van der Waals surface area contributed by atoms with Crippen LogP contribution in [0.5, 0.6) is 0 Å². The van der Waals surface area contributed by atoms with Gasteiger partial charge in [-0.1, -0.05) is 18.2 Å². The first-order chi connectivity index (χ1) is 13.1. The highest BCUT2D eigenvalue weighted by Crippen LogP contribution is 2.17. The van der Waals surface area contributed by atoms with Crippen LogP contribution in [0.1, 0.15) is 12.0 Å². The standard InChI is InChI=1S/C19H27FN4O3/c20-16-4-2-1-3-15(16)14-24-6-5-21-19(27)17(24)13-18(26)23-9-7-22(8-10-23)11-12-25/h1-4,17,25H,5-14H2,(H,21,27)/t17-/m0/s1. The fourth-order valence-corrected chi connectivity index (χ4v) is 3.68. The second-order valence-electron chi connectivity index (χ2n) is 7.02. The van der Waals surface area contributed by atoms with E-state index in [0.717, 1.165) is 13.1 Å². The summed E-state index contributed by atoms with van der Waals surface area (Å²) in [5.41, 5.74) is 0.530. The number of carbonyl (C=O) groups excluding carboxylic acids is 2. The van der Waals surface area contributed by atoms with E-state index in [4.69, 9.17) is 5.11 Å². The van der Waals surface area contributed by atoms with Crippen molar-refractivity contribution in [2.45, 2.75) is 19.0 Å². The zero-order valence-electron chi connectivity index (χ0n) is 15.4. The van der Waals surface area contributed by atoms with E-state index in [1.165, 1.54) is 6.07 Å². The van der Waals surface area contributed by atoms with Gasteiger partial charge >= 0.3 is 0 Å². The second kappa shape index (κ2) is 9.25. The van der Waals surface area contributed by atoms with Gasteiger partial charge in [0.15, 0.2) is 0 Å². The molecule has 2 N–H and O–H groups in total. The van der Waals surface area contributed by atoms with Crippen molar-refractivity contribution in [2.24, 2.45) is 0 Å². The van der Waals surface area contributed by atoms with E-state index < -0.39 is 6.04 Å². The Hall–Kier alpha value is -2.03. The highest BCUT2D eigenvalue weighted by Gasteiger charge is 2.33. The van der Waals surface area contributed by atoms with Crippen molar-refractivity contribution in [3.8, 4) is 0 Å². The summed E-state index contributed by atoms with van der Waals surface area (Å²) >= 11 is 0. The first-order valence-corrected chi connectivity index (χ1v) is 9.44. The van der Waals surface area contributed by atoms with E-state index in [9.17, 15) is 14.0 Å². The maximum Gasteiger partial charge on any atom is 0.237 e. The van der Waals surface area contributed by atoms with Crippen LogP contribution in [0.2, 0.25) is 0 Å². The van der Waals surface area contributed by atoms with Crippen molar-refractivity contribution in [1.82, 2.24) is 20.0 Å². The Morgan fingerprint density at radius 3 is 2.63 bits per heavy atom. The molecule has 2 saturated heterocycles. The Morgan fingerprint density at radius 2 is 1.93 bits per heavy atom. The van der Waals surface area contributed by atoms with Crippen molar-refractivity contribution in [3.63, 3.8) is 0 Å². The van der Waals surface area contributed by atoms with Crippen molar-refractivity contribution in [1.29, 1.82) is 0 Å². The summed E-state index contributed by atoms with van der Waals surface area (Å²) in [6, 6.07) is 5.95. The van der Waals surface area contributed by atoms with Gasteiger partial charge in [0, 0.05) is 57.9 Å². The molecule has 0 unspecified atom stereocenters. The SMILES string of the molecule is O=C1NCCN(Cc2ccccc2F)[C@H]1CC(=O)N1CCN(CCO)CC1. The summed E-state index contributed by atoms with van der Waals surface area (Å²) in [6.07, 6.45) is 0.0975. The summed E-state index contributed by atoms with van der Waals surface area (Å²) in [6.45, 7) is 4.76. The molecule has 2 fully saturated rings. The predicted octanol–water partition coefficient (Wildman–Crippen LogP) is -0.347. The zero-order valence-corrected chi connectivity index (χ0v) is 15.4. The minimum atomic E-state index is -0.582. The average molecular weight is 378 g/mol. The number of nitrogens with one attached hydrogen (secondary N) is 1. The zero-order chi connectivity index (χ0) is 19.2. The van der Waals surface area contributed by atoms with E-state index in [1.54, 1.807) is 23.1 Å². The minimum Gasteiger partial charge on any atom is -0.395 e. The number of β-amino-alcohol motifs (C(OH)–C–C–N with tert-alkyl or cyclic N) is 1. The van der Waals surface area contributed by atoms with Crippen molar-refractivity contribution < 1.29 is 19.1 Å². The molecule has 2 aliphatic rings. The number of aliphatic hydroxyl groups excluding tert-OH is 1. The molecule has 0 spiro atoms. The minimum absolute atomic E-state index is 0.0563. The van der Waals surface area contributed by atoms with Crippen LogP contribution in [-0.4, -0.2) is 90.1 Å². The van der Waals surface area contributed by atoms with Crippen molar-refractivity contribution >= 4 is 11.8 Å². The molecule has 1 atom stereocenters. The van der Waals surface area contributed by atoms with Gasteiger partial charge in [-0.25, -0.2) is 4.39 Å². The molecule has 0 saturated carbocycles. The quantitative estimate of drug-likeness (QED) is 0.708. The summed E-state index contributed by atoms with van der Waals surface area (Å²) in [5.74, 6) is -0.530. The summed E-state index contributed by atoms with van der Waals surface area (Å²) in [4.78, 5) is 30.9. The molecular weight excluding hydrogens is 351 g/mol. The lowest BCUT2D eigenvalue weighted by Crippen LogP contribution is -2.57. The van der Waals surface area contributed by atoms with Gasteiger partial charge < -0.3 is 15.3 Å². The van der Waals surface area contributed by atoms with Crippen LogP contribution in [0.3, 0.4) is 0 Å².